The quantitative estimate of drug-likeness (QED) is 0.732. The van der Waals surface area contributed by atoms with Crippen molar-refractivity contribution in [2.24, 2.45) is 5.92 Å². The van der Waals surface area contributed by atoms with Gasteiger partial charge in [0.15, 0.2) is 5.78 Å². The van der Waals surface area contributed by atoms with Gasteiger partial charge in [0, 0.05) is 17.8 Å². The van der Waals surface area contributed by atoms with Gasteiger partial charge in [-0.1, -0.05) is 13.8 Å². The van der Waals surface area contributed by atoms with E-state index in [4.69, 9.17) is 4.98 Å². The summed E-state index contributed by atoms with van der Waals surface area (Å²) in [7, 11) is 0. The van der Waals surface area contributed by atoms with Gasteiger partial charge in [-0.3, -0.25) is 9.69 Å². The Morgan fingerprint density at radius 3 is 2.91 bits per heavy atom. The normalized spacial score (nSPS) is 19.4. The number of rotatable bonds is 5. The maximum atomic E-state index is 12.7. The van der Waals surface area contributed by atoms with Crippen molar-refractivity contribution in [1.29, 1.82) is 0 Å². The number of piperidine rings is 1. The lowest BCUT2D eigenvalue weighted by Gasteiger charge is -2.31. The fourth-order valence-corrected chi connectivity index (χ4v) is 5.02. The third-order valence-corrected chi connectivity index (χ3v) is 6.36. The van der Waals surface area contributed by atoms with Crippen LogP contribution >= 0.6 is 22.7 Å². The topological polar surface area (TPSA) is 33.2 Å². The molecule has 0 saturated carbocycles. The zero-order chi connectivity index (χ0) is 16.4. The number of hydrogen-bond donors (Lipinski definition) is 0. The Bertz CT molecular complexity index is 674. The van der Waals surface area contributed by atoms with Crippen molar-refractivity contribution >= 4 is 28.5 Å². The molecule has 3 nitrogen and oxygen atoms in total. The van der Waals surface area contributed by atoms with E-state index >= 15 is 0 Å². The predicted molar refractivity (Wildman–Crippen MR) is 97.6 cm³/mol. The Balaban J connectivity index is 1.64. The molecule has 0 aliphatic carbocycles. The van der Waals surface area contributed by atoms with Crippen LogP contribution in [0.3, 0.4) is 0 Å². The molecule has 2 aromatic rings. The summed E-state index contributed by atoms with van der Waals surface area (Å²) in [5.41, 5.74) is 2.31. The molecule has 0 spiro atoms. The highest BCUT2D eigenvalue weighted by Crippen LogP contribution is 2.27. The molecule has 0 amide bonds. The molecule has 1 aliphatic heterocycles. The highest BCUT2D eigenvalue weighted by molar-refractivity contribution is 7.12. The van der Waals surface area contributed by atoms with Crippen LogP contribution in [0.5, 0.6) is 0 Å². The largest absolute Gasteiger partial charge is 0.296 e. The first-order valence-electron chi connectivity index (χ1n) is 8.29. The van der Waals surface area contributed by atoms with Crippen LogP contribution < -0.4 is 0 Å². The zero-order valence-corrected chi connectivity index (χ0v) is 15.7. The van der Waals surface area contributed by atoms with Crippen LogP contribution in [0.2, 0.25) is 0 Å². The smallest absolute Gasteiger partial charge is 0.177 e. The van der Waals surface area contributed by atoms with Crippen molar-refractivity contribution in [3.63, 3.8) is 0 Å². The van der Waals surface area contributed by atoms with Crippen LogP contribution in [-0.4, -0.2) is 28.8 Å². The second-order valence-corrected chi connectivity index (χ2v) is 8.55. The van der Waals surface area contributed by atoms with E-state index in [1.807, 2.05) is 18.4 Å². The maximum Gasteiger partial charge on any atom is 0.177 e. The van der Waals surface area contributed by atoms with E-state index in [9.17, 15) is 4.79 Å². The van der Waals surface area contributed by atoms with E-state index in [2.05, 4.69) is 24.1 Å². The lowest BCUT2D eigenvalue weighted by Crippen LogP contribution is -2.38. The first-order chi connectivity index (χ1) is 11.0. The first kappa shape index (κ1) is 16.8. The summed E-state index contributed by atoms with van der Waals surface area (Å²) in [6.07, 6.45) is 2.12. The first-order valence-corrected chi connectivity index (χ1v) is 10.1. The Hall–Kier alpha value is -1.04. The molecule has 0 radical (unpaired) electrons. The standard InChI is InChI=1S/C18H24N2OS2/c1-12(2)15-11-23-16(19-15)10-20-7-4-5-14(9-20)17(21)18-13(3)6-8-22-18/h6,8,11-12,14H,4-5,7,9-10H2,1-3H3. The summed E-state index contributed by atoms with van der Waals surface area (Å²) < 4.78 is 0. The third-order valence-electron chi connectivity index (χ3n) is 4.48. The van der Waals surface area contributed by atoms with Gasteiger partial charge < -0.3 is 0 Å². The number of thiazole rings is 1. The zero-order valence-electron chi connectivity index (χ0n) is 14.0. The molecule has 5 heteroatoms. The summed E-state index contributed by atoms with van der Waals surface area (Å²) in [6.45, 7) is 9.21. The van der Waals surface area contributed by atoms with Gasteiger partial charge in [-0.15, -0.1) is 22.7 Å². The molecule has 1 atom stereocenters. The number of aromatic nitrogens is 1. The average molecular weight is 349 g/mol. The summed E-state index contributed by atoms with van der Waals surface area (Å²) in [5.74, 6) is 0.965. The number of aryl methyl sites for hydroxylation is 1. The molecule has 0 bridgehead atoms. The minimum absolute atomic E-state index is 0.144. The van der Waals surface area contributed by atoms with Crippen LogP contribution in [0.25, 0.3) is 0 Å². The number of hydrogen-bond acceptors (Lipinski definition) is 5. The van der Waals surface area contributed by atoms with Gasteiger partial charge in [0.25, 0.3) is 0 Å². The second kappa shape index (κ2) is 7.24. The van der Waals surface area contributed by atoms with Gasteiger partial charge in [-0.05, 0) is 49.2 Å². The summed E-state index contributed by atoms with van der Waals surface area (Å²) in [4.78, 5) is 20.8. The Morgan fingerprint density at radius 2 is 2.26 bits per heavy atom. The third kappa shape index (κ3) is 3.90. The van der Waals surface area contributed by atoms with Crippen molar-refractivity contribution in [2.75, 3.05) is 13.1 Å². The predicted octanol–water partition coefficient (Wildman–Crippen LogP) is 4.73. The number of nitrogens with zero attached hydrogens (tertiary/aromatic N) is 2. The van der Waals surface area contributed by atoms with E-state index in [1.165, 1.54) is 10.7 Å². The number of Topliss-reactive ketones (excluding diaryl/α,β-unsaturated/α-hetero) is 1. The van der Waals surface area contributed by atoms with Crippen molar-refractivity contribution in [1.82, 2.24) is 9.88 Å². The number of carbonyl (C=O) groups is 1. The molecule has 23 heavy (non-hydrogen) atoms. The summed E-state index contributed by atoms with van der Waals surface area (Å²) >= 11 is 3.33. The minimum Gasteiger partial charge on any atom is -0.296 e. The molecule has 1 fully saturated rings. The fourth-order valence-electron chi connectivity index (χ4n) is 3.08. The van der Waals surface area contributed by atoms with Gasteiger partial charge in [0.1, 0.15) is 5.01 Å². The highest BCUT2D eigenvalue weighted by atomic mass is 32.1. The molecule has 2 aromatic heterocycles. The van der Waals surface area contributed by atoms with E-state index in [0.29, 0.717) is 11.7 Å². The SMILES string of the molecule is Cc1ccsc1C(=O)C1CCCN(Cc2nc(C(C)C)cs2)C1. The molecule has 124 valence electrons. The van der Waals surface area contributed by atoms with Crippen molar-refractivity contribution in [2.45, 2.75) is 46.1 Å². The van der Waals surface area contributed by atoms with Gasteiger partial charge in [0.05, 0.1) is 17.1 Å². The Kier molecular flexibility index (Phi) is 5.29. The van der Waals surface area contributed by atoms with Crippen LogP contribution in [0.15, 0.2) is 16.8 Å². The van der Waals surface area contributed by atoms with E-state index in [0.717, 1.165) is 42.9 Å². The average Bonchev–Trinajstić information content (AvgIpc) is 3.16. The molecule has 1 saturated heterocycles. The maximum absolute atomic E-state index is 12.7. The fraction of sp³-hybridized carbons (Fsp3) is 0.556. The number of carbonyl (C=O) groups excluding carboxylic acids is 1. The molecule has 3 heterocycles. The van der Waals surface area contributed by atoms with Crippen molar-refractivity contribution < 1.29 is 4.79 Å². The summed E-state index contributed by atoms with van der Waals surface area (Å²) in [5, 5.41) is 5.36. The van der Waals surface area contributed by atoms with E-state index in [1.54, 1.807) is 22.7 Å². The van der Waals surface area contributed by atoms with Crippen LogP contribution in [0.1, 0.15) is 58.5 Å². The van der Waals surface area contributed by atoms with Gasteiger partial charge in [-0.2, -0.15) is 0 Å². The van der Waals surface area contributed by atoms with Crippen LogP contribution in [0, 0.1) is 12.8 Å². The lowest BCUT2D eigenvalue weighted by atomic mass is 9.92. The minimum atomic E-state index is 0.144. The molecule has 0 N–H and O–H groups in total. The monoisotopic (exact) mass is 348 g/mol. The number of ketones is 1. The van der Waals surface area contributed by atoms with E-state index < -0.39 is 0 Å². The molecule has 3 rings (SSSR count). The van der Waals surface area contributed by atoms with Gasteiger partial charge in [0.2, 0.25) is 0 Å². The number of thiophene rings is 1. The Morgan fingerprint density at radius 1 is 1.43 bits per heavy atom. The lowest BCUT2D eigenvalue weighted by molar-refractivity contribution is 0.0815. The van der Waals surface area contributed by atoms with E-state index in [-0.39, 0.29) is 5.92 Å². The van der Waals surface area contributed by atoms with Crippen LogP contribution in [-0.2, 0) is 6.54 Å². The van der Waals surface area contributed by atoms with Crippen molar-refractivity contribution in [3.05, 3.63) is 38.0 Å². The van der Waals surface area contributed by atoms with Gasteiger partial charge >= 0.3 is 0 Å². The highest BCUT2D eigenvalue weighted by Gasteiger charge is 2.28. The molecule has 0 aromatic carbocycles. The molecule has 1 unspecified atom stereocenters. The van der Waals surface area contributed by atoms with Crippen molar-refractivity contribution in [3.8, 4) is 0 Å². The Labute approximate surface area is 146 Å². The van der Waals surface area contributed by atoms with Gasteiger partial charge in [-0.25, -0.2) is 4.98 Å². The summed E-state index contributed by atoms with van der Waals surface area (Å²) in [6, 6.07) is 2.04. The molecular formula is C18H24N2OS2. The molecule has 1 aliphatic rings. The molecular weight excluding hydrogens is 324 g/mol. The van der Waals surface area contributed by atoms with Crippen LogP contribution in [0.4, 0.5) is 0 Å². The second-order valence-electron chi connectivity index (χ2n) is 6.69. The number of likely N-dealkylation sites (tertiary alicyclic amines) is 1.